The summed E-state index contributed by atoms with van der Waals surface area (Å²) in [6, 6.07) is 5.20. The highest BCUT2D eigenvalue weighted by Crippen LogP contribution is 2.27. The number of aliphatic hydroxyl groups is 1. The number of aromatic nitrogens is 1. The van der Waals surface area contributed by atoms with Crippen LogP contribution in [0.4, 0.5) is 0 Å². The maximum atomic E-state index is 8.99. The Morgan fingerprint density at radius 2 is 2.17 bits per heavy atom. The van der Waals surface area contributed by atoms with Crippen molar-refractivity contribution < 1.29 is 14.4 Å². The first-order chi connectivity index (χ1) is 8.61. The number of benzene rings is 1. The maximum Gasteiger partial charge on any atom is 0.140 e. The molecule has 4 nitrogen and oxygen atoms in total. The van der Waals surface area contributed by atoms with Gasteiger partial charge in [-0.2, -0.15) is 0 Å². The van der Waals surface area contributed by atoms with Crippen molar-refractivity contribution in [2.24, 2.45) is 0 Å². The van der Waals surface area contributed by atoms with Crippen LogP contribution in [0.15, 0.2) is 22.7 Å². The van der Waals surface area contributed by atoms with Crippen LogP contribution in [0.3, 0.4) is 0 Å². The number of hydrogen-bond donors (Lipinski definition) is 1. The monoisotopic (exact) mass is 267 g/mol. The molecular weight excluding hydrogens is 254 g/mol. The molecule has 0 aliphatic heterocycles. The van der Waals surface area contributed by atoms with E-state index in [1.165, 1.54) is 0 Å². The molecule has 0 radical (unpaired) electrons. The minimum atomic E-state index is -0.0378. The van der Waals surface area contributed by atoms with Gasteiger partial charge < -0.3 is 14.4 Å². The van der Waals surface area contributed by atoms with E-state index in [9.17, 15) is 0 Å². The summed E-state index contributed by atoms with van der Waals surface area (Å²) in [5, 5.41) is 13.3. The van der Waals surface area contributed by atoms with Crippen molar-refractivity contribution in [2.75, 3.05) is 0 Å². The average molecular weight is 268 g/mol. The molecule has 1 N–H and O–H groups in total. The summed E-state index contributed by atoms with van der Waals surface area (Å²) < 4.78 is 10.7. The minimum Gasteiger partial charge on any atom is -0.487 e. The van der Waals surface area contributed by atoms with Gasteiger partial charge in [0.05, 0.1) is 22.9 Å². The van der Waals surface area contributed by atoms with Crippen molar-refractivity contribution in [3.8, 4) is 5.75 Å². The van der Waals surface area contributed by atoms with Gasteiger partial charge in [-0.3, -0.25) is 0 Å². The van der Waals surface area contributed by atoms with Crippen LogP contribution in [0.2, 0.25) is 5.02 Å². The quantitative estimate of drug-likeness (QED) is 0.925. The fourth-order valence-electron chi connectivity index (χ4n) is 1.62. The van der Waals surface area contributed by atoms with E-state index in [0.717, 1.165) is 22.6 Å². The van der Waals surface area contributed by atoms with Gasteiger partial charge in [-0.25, -0.2) is 0 Å². The summed E-state index contributed by atoms with van der Waals surface area (Å²) in [5.41, 5.74) is 2.50. The molecule has 0 unspecified atom stereocenters. The van der Waals surface area contributed by atoms with Crippen molar-refractivity contribution in [2.45, 2.75) is 27.1 Å². The first kappa shape index (κ1) is 12.9. The highest BCUT2D eigenvalue weighted by molar-refractivity contribution is 6.32. The van der Waals surface area contributed by atoms with E-state index in [0.29, 0.717) is 17.4 Å². The largest absolute Gasteiger partial charge is 0.487 e. The zero-order chi connectivity index (χ0) is 13.1. The molecule has 5 heteroatoms. The maximum absolute atomic E-state index is 8.99. The number of hydrogen-bond acceptors (Lipinski definition) is 4. The third kappa shape index (κ3) is 2.66. The summed E-state index contributed by atoms with van der Waals surface area (Å²) in [6.07, 6.45) is 0. The second kappa shape index (κ2) is 5.42. The highest BCUT2D eigenvalue weighted by Gasteiger charge is 2.10. The Morgan fingerprint density at radius 3 is 2.72 bits per heavy atom. The normalized spacial score (nSPS) is 10.7. The van der Waals surface area contributed by atoms with Gasteiger partial charge in [0.15, 0.2) is 0 Å². The molecule has 0 aliphatic carbocycles. The van der Waals surface area contributed by atoms with Gasteiger partial charge >= 0.3 is 0 Å². The Labute approximate surface area is 110 Å². The molecule has 0 fully saturated rings. The summed E-state index contributed by atoms with van der Waals surface area (Å²) in [6.45, 7) is 4.03. The molecule has 0 spiro atoms. The molecule has 96 valence electrons. The molecule has 2 aromatic rings. The van der Waals surface area contributed by atoms with Crippen molar-refractivity contribution >= 4 is 11.6 Å². The van der Waals surface area contributed by atoms with Crippen LogP contribution in [-0.2, 0) is 13.2 Å². The van der Waals surface area contributed by atoms with Gasteiger partial charge in [-0.15, -0.1) is 0 Å². The van der Waals surface area contributed by atoms with Crippen molar-refractivity contribution in [1.82, 2.24) is 5.16 Å². The predicted molar refractivity (Wildman–Crippen MR) is 67.7 cm³/mol. The lowest BCUT2D eigenvalue weighted by Gasteiger charge is -2.08. The van der Waals surface area contributed by atoms with Crippen LogP contribution in [0.5, 0.6) is 5.75 Å². The van der Waals surface area contributed by atoms with Gasteiger partial charge in [0.25, 0.3) is 0 Å². The van der Waals surface area contributed by atoms with Gasteiger partial charge in [0.1, 0.15) is 18.1 Å². The lowest BCUT2D eigenvalue weighted by molar-refractivity contribution is 0.280. The van der Waals surface area contributed by atoms with Gasteiger partial charge in [-0.05, 0) is 31.5 Å². The fraction of sp³-hybridized carbons (Fsp3) is 0.308. The smallest absolute Gasteiger partial charge is 0.140 e. The molecular formula is C13H14ClNO3. The second-order valence-electron chi connectivity index (χ2n) is 4.01. The van der Waals surface area contributed by atoms with E-state index in [2.05, 4.69) is 5.16 Å². The zero-order valence-electron chi connectivity index (χ0n) is 10.2. The van der Waals surface area contributed by atoms with Crippen LogP contribution in [0, 0.1) is 13.8 Å². The number of halogens is 1. The Morgan fingerprint density at radius 1 is 1.39 bits per heavy atom. The topological polar surface area (TPSA) is 55.5 Å². The third-order valence-corrected chi connectivity index (χ3v) is 3.03. The summed E-state index contributed by atoms with van der Waals surface area (Å²) >= 11 is 6.05. The van der Waals surface area contributed by atoms with Gasteiger partial charge in [0.2, 0.25) is 0 Å². The molecule has 0 saturated carbocycles. The Kier molecular flexibility index (Phi) is 3.89. The first-order valence-corrected chi connectivity index (χ1v) is 5.93. The van der Waals surface area contributed by atoms with Crippen molar-refractivity contribution in [3.05, 3.63) is 45.8 Å². The number of nitrogens with zero attached hydrogens (tertiary/aromatic N) is 1. The number of aryl methyl sites for hydroxylation is 2. The average Bonchev–Trinajstić information content (AvgIpc) is 2.68. The lowest BCUT2D eigenvalue weighted by atomic mass is 10.2. The molecule has 18 heavy (non-hydrogen) atoms. The predicted octanol–water partition coefficient (Wildman–Crippen LogP) is 3.02. The molecule has 0 bridgehead atoms. The molecule has 1 heterocycles. The Bertz CT molecular complexity index is 532. The zero-order valence-corrected chi connectivity index (χ0v) is 11.0. The van der Waals surface area contributed by atoms with E-state index in [-0.39, 0.29) is 6.61 Å². The summed E-state index contributed by atoms with van der Waals surface area (Å²) in [4.78, 5) is 0. The molecule has 1 aromatic heterocycles. The van der Waals surface area contributed by atoms with Crippen LogP contribution >= 0.6 is 11.6 Å². The SMILES string of the molecule is Cc1noc(C)c1COc1ccc(CO)cc1Cl. The van der Waals surface area contributed by atoms with E-state index >= 15 is 0 Å². The van der Waals surface area contributed by atoms with Crippen LogP contribution in [0.25, 0.3) is 0 Å². The van der Waals surface area contributed by atoms with Crippen LogP contribution in [-0.4, -0.2) is 10.3 Å². The Hall–Kier alpha value is -1.52. The minimum absolute atomic E-state index is 0.0378. The summed E-state index contributed by atoms with van der Waals surface area (Å²) in [5.74, 6) is 1.32. The number of rotatable bonds is 4. The summed E-state index contributed by atoms with van der Waals surface area (Å²) in [7, 11) is 0. The highest BCUT2D eigenvalue weighted by atomic mass is 35.5. The fourth-order valence-corrected chi connectivity index (χ4v) is 1.88. The molecule has 0 aliphatic rings. The van der Waals surface area contributed by atoms with E-state index < -0.39 is 0 Å². The molecule has 0 amide bonds. The lowest BCUT2D eigenvalue weighted by Crippen LogP contribution is -1.98. The molecule has 1 aromatic carbocycles. The van der Waals surface area contributed by atoms with Gasteiger partial charge in [0, 0.05) is 0 Å². The standard InChI is InChI=1S/C13H14ClNO3/c1-8-11(9(2)18-15-8)7-17-13-4-3-10(6-16)5-12(13)14/h3-5,16H,6-7H2,1-2H3. The molecule has 2 rings (SSSR count). The van der Waals surface area contributed by atoms with Crippen molar-refractivity contribution in [3.63, 3.8) is 0 Å². The van der Waals surface area contributed by atoms with E-state index in [4.69, 9.17) is 26.0 Å². The van der Waals surface area contributed by atoms with Crippen LogP contribution < -0.4 is 4.74 Å². The van der Waals surface area contributed by atoms with Crippen molar-refractivity contribution in [1.29, 1.82) is 0 Å². The third-order valence-electron chi connectivity index (χ3n) is 2.73. The Balaban J connectivity index is 2.11. The van der Waals surface area contributed by atoms with E-state index in [1.54, 1.807) is 18.2 Å². The van der Waals surface area contributed by atoms with Crippen LogP contribution in [0.1, 0.15) is 22.6 Å². The second-order valence-corrected chi connectivity index (χ2v) is 4.42. The van der Waals surface area contributed by atoms with Gasteiger partial charge in [-0.1, -0.05) is 22.8 Å². The number of ether oxygens (including phenoxy) is 1. The molecule has 0 saturated heterocycles. The first-order valence-electron chi connectivity index (χ1n) is 5.55. The number of aliphatic hydroxyl groups excluding tert-OH is 1. The molecule has 0 atom stereocenters. The van der Waals surface area contributed by atoms with E-state index in [1.807, 2.05) is 13.8 Å².